The van der Waals surface area contributed by atoms with Crippen molar-refractivity contribution < 1.29 is 9.84 Å². The minimum Gasteiger partial charge on any atom is -0.496 e. The summed E-state index contributed by atoms with van der Waals surface area (Å²) in [6.45, 7) is 1.72. The second kappa shape index (κ2) is 6.48. The Morgan fingerprint density at radius 2 is 2.00 bits per heavy atom. The molecule has 2 aromatic rings. The predicted octanol–water partition coefficient (Wildman–Crippen LogP) is 3.44. The summed E-state index contributed by atoms with van der Waals surface area (Å²) in [5.74, 6) is 1.45. The maximum Gasteiger partial charge on any atom is 0.145 e. The smallest absolute Gasteiger partial charge is 0.145 e. The van der Waals surface area contributed by atoms with Gasteiger partial charge < -0.3 is 15.2 Å². The van der Waals surface area contributed by atoms with Crippen molar-refractivity contribution in [2.24, 2.45) is 0 Å². The highest BCUT2D eigenvalue weighted by Gasteiger charge is 2.15. The zero-order chi connectivity index (χ0) is 15.5. The number of fused-ring (bicyclic) bond motifs is 1. The molecule has 0 radical (unpaired) electrons. The van der Waals surface area contributed by atoms with Crippen molar-refractivity contribution in [3.8, 4) is 5.75 Å². The van der Waals surface area contributed by atoms with Crippen LogP contribution >= 0.6 is 0 Å². The van der Waals surface area contributed by atoms with E-state index < -0.39 is 6.10 Å². The van der Waals surface area contributed by atoms with Crippen LogP contribution < -0.4 is 10.1 Å². The normalized spacial score (nSPS) is 17.4. The number of rotatable bonds is 4. The molecule has 0 saturated heterocycles. The molecule has 1 unspecified atom stereocenters. The standard InChI is InChI=1S/C17H23N3O2/c1-11(21)13-8-15-14(9-16(13)22-2)18-10-17(20-15)19-12-6-4-3-5-7-12/h8-12,21H,3-7H2,1-2H3,(H,19,20). The highest BCUT2D eigenvalue weighted by molar-refractivity contribution is 5.79. The van der Waals surface area contributed by atoms with E-state index in [2.05, 4.69) is 15.3 Å². The van der Waals surface area contributed by atoms with Crippen LogP contribution in [0.25, 0.3) is 11.0 Å². The molecule has 1 saturated carbocycles. The molecule has 1 aliphatic carbocycles. The Morgan fingerprint density at radius 3 is 2.68 bits per heavy atom. The number of anilines is 1. The molecule has 1 aromatic heterocycles. The van der Waals surface area contributed by atoms with Crippen molar-refractivity contribution in [1.82, 2.24) is 9.97 Å². The van der Waals surface area contributed by atoms with Gasteiger partial charge in [0.05, 0.1) is 30.4 Å². The van der Waals surface area contributed by atoms with Gasteiger partial charge in [-0.2, -0.15) is 0 Å². The molecule has 5 heteroatoms. The van der Waals surface area contributed by atoms with Gasteiger partial charge in [-0.15, -0.1) is 0 Å². The molecule has 0 spiro atoms. The molecule has 1 aromatic carbocycles. The van der Waals surface area contributed by atoms with Crippen LogP contribution in [0.5, 0.6) is 5.75 Å². The molecule has 118 valence electrons. The number of nitrogens with zero attached hydrogens (tertiary/aromatic N) is 2. The van der Waals surface area contributed by atoms with Crippen molar-refractivity contribution in [2.75, 3.05) is 12.4 Å². The van der Waals surface area contributed by atoms with Crippen LogP contribution in [0.4, 0.5) is 5.82 Å². The number of aliphatic hydroxyl groups is 1. The van der Waals surface area contributed by atoms with E-state index in [9.17, 15) is 5.11 Å². The maximum absolute atomic E-state index is 9.88. The van der Waals surface area contributed by atoms with Gasteiger partial charge in [-0.1, -0.05) is 19.3 Å². The Hall–Kier alpha value is -1.88. The number of benzene rings is 1. The number of nitrogens with one attached hydrogen (secondary N) is 1. The van der Waals surface area contributed by atoms with E-state index in [4.69, 9.17) is 4.74 Å². The fourth-order valence-corrected chi connectivity index (χ4v) is 3.08. The third kappa shape index (κ3) is 3.14. The van der Waals surface area contributed by atoms with Crippen LogP contribution in [0.15, 0.2) is 18.3 Å². The number of hydrogen-bond donors (Lipinski definition) is 2. The Labute approximate surface area is 130 Å². The average molecular weight is 301 g/mol. The first-order chi connectivity index (χ1) is 10.7. The number of ether oxygens (including phenoxy) is 1. The van der Waals surface area contributed by atoms with E-state index in [0.29, 0.717) is 11.8 Å². The quantitative estimate of drug-likeness (QED) is 0.905. The van der Waals surface area contributed by atoms with E-state index in [1.165, 1.54) is 32.1 Å². The molecule has 0 bridgehead atoms. The topological polar surface area (TPSA) is 67.3 Å². The van der Waals surface area contributed by atoms with Crippen LogP contribution in [0.3, 0.4) is 0 Å². The predicted molar refractivity (Wildman–Crippen MR) is 87.2 cm³/mol. The van der Waals surface area contributed by atoms with Gasteiger partial charge in [0.1, 0.15) is 11.6 Å². The summed E-state index contributed by atoms with van der Waals surface area (Å²) < 4.78 is 5.32. The lowest BCUT2D eigenvalue weighted by molar-refractivity contribution is 0.194. The van der Waals surface area contributed by atoms with Gasteiger partial charge in [0.15, 0.2) is 0 Å². The minimum atomic E-state index is -0.601. The molecular formula is C17H23N3O2. The Balaban J connectivity index is 1.90. The van der Waals surface area contributed by atoms with Crippen LogP contribution in [0.2, 0.25) is 0 Å². The number of hydrogen-bond acceptors (Lipinski definition) is 5. The summed E-state index contributed by atoms with van der Waals surface area (Å²) in [6.07, 6.45) is 7.46. The van der Waals surface area contributed by atoms with Gasteiger partial charge >= 0.3 is 0 Å². The van der Waals surface area contributed by atoms with Crippen molar-refractivity contribution in [3.63, 3.8) is 0 Å². The number of aromatic nitrogens is 2. The fraction of sp³-hybridized carbons (Fsp3) is 0.529. The van der Waals surface area contributed by atoms with E-state index in [0.717, 1.165) is 22.4 Å². The Morgan fingerprint density at radius 1 is 1.23 bits per heavy atom. The second-order valence-corrected chi connectivity index (χ2v) is 5.99. The Kier molecular flexibility index (Phi) is 4.43. The largest absolute Gasteiger partial charge is 0.496 e. The SMILES string of the molecule is COc1cc2ncc(NC3CCCCC3)nc2cc1C(C)O. The lowest BCUT2D eigenvalue weighted by atomic mass is 9.95. The van der Waals surface area contributed by atoms with Gasteiger partial charge in [0.2, 0.25) is 0 Å². The average Bonchev–Trinajstić information content (AvgIpc) is 2.54. The summed E-state index contributed by atoms with van der Waals surface area (Å²) in [4.78, 5) is 9.12. The van der Waals surface area contributed by atoms with Crippen molar-refractivity contribution >= 4 is 16.9 Å². The summed E-state index contributed by atoms with van der Waals surface area (Å²) in [6, 6.07) is 4.18. The molecule has 0 amide bonds. The van der Waals surface area contributed by atoms with Gasteiger partial charge in [-0.05, 0) is 25.8 Å². The second-order valence-electron chi connectivity index (χ2n) is 5.99. The fourth-order valence-electron chi connectivity index (χ4n) is 3.08. The Bertz CT molecular complexity index is 652. The summed E-state index contributed by atoms with van der Waals surface area (Å²) in [5, 5.41) is 13.4. The first kappa shape index (κ1) is 15.0. The lowest BCUT2D eigenvalue weighted by Crippen LogP contribution is -2.22. The van der Waals surface area contributed by atoms with E-state index >= 15 is 0 Å². The molecular weight excluding hydrogens is 278 g/mol. The lowest BCUT2D eigenvalue weighted by Gasteiger charge is -2.23. The zero-order valence-electron chi connectivity index (χ0n) is 13.2. The molecule has 1 aliphatic rings. The zero-order valence-corrected chi connectivity index (χ0v) is 13.2. The van der Waals surface area contributed by atoms with Gasteiger partial charge in [0, 0.05) is 17.7 Å². The van der Waals surface area contributed by atoms with Crippen molar-refractivity contribution in [2.45, 2.75) is 51.2 Å². The molecule has 3 rings (SSSR count). The van der Waals surface area contributed by atoms with Gasteiger partial charge in [-0.3, -0.25) is 4.98 Å². The van der Waals surface area contributed by atoms with E-state index in [1.807, 2.05) is 12.1 Å². The molecule has 1 fully saturated rings. The van der Waals surface area contributed by atoms with Gasteiger partial charge in [-0.25, -0.2) is 4.98 Å². The molecule has 2 N–H and O–H groups in total. The highest BCUT2D eigenvalue weighted by Crippen LogP contribution is 2.29. The molecule has 0 aliphatic heterocycles. The first-order valence-corrected chi connectivity index (χ1v) is 7.96. The van der Waals surface area contributed by atoms with Crippen LogP contribution in [0.1, 0.15) is 50.7 Å². The summed E-state index contributed by atoms with van der Waals surface area (Å²) >= 11 is 0. The summed E-state index contributed by atoms with van der Waals surface area (Å²) in [5.41, 5.74) is 2.28. The monoisotopic (exact) mass is 301 g/mol. The van der Waals surface area contributed by atoms with Crippen molar-refractivity contribution in [3.05, 3.63) is 23.9 Å². The molecule has 1 atom stereocenters. The first-order valence-electron chi connectivity index (χ1n) is 7.96. The minimum absolute atomic E-state index is 0.495. The maximum atomic E-state index is 9.88. The van der Waals surface area contributed by atoms with Gasteiger partial charge in [0.25, 0.3) is 0 Å². The van der Waals surface area contributed by atoms with E-state index in [-0.39, 0.29) is 0 Å². The van der Waals surface area contributed by atoms with Crippen LogP contribution in [0, 0.1) is 0 Å². The van der Waals surface area contributed by atoms with E-state index in [1.54, 1.807) is 20.2 Å². The number of aliphatic hydroxyl groups excluding tert-OH is 1. The molecule has 22 heavy (non-hydrogen) atoms. The van der Waals surface area contributed by atoms with Crippen LogP contribution in [-0.2, 0) is 0 Å². The number of methoxy groups -OCH3 is 1. The highest BCUT2D eigenvalue weighted by atomic mass is 16.5. The third-order valence-electron chi connectivity index (χ3n) is 4.30. The summed E-state index contributed by atoms with van der Waals surface area (Å²) in [7, 11) is 1.60. The third-order valence-corrected chi connectivity index (χ3v) is 4.30. The molecule has 5 nitrogen and oxygen atoms in total. The van der Waals surface area contributed by atoms with Crippen LogP contribution in [-0.4, -0.2) is 28.2 Å². The van der Waals surface area contributed by atoms with Crippen molar-refractivity contribution in [1.29, 1.82) is 0 Å². The molecule has 1 heterocycles.